The first-order valence-electron chi connectivity index (χ1n) is 6.53. The van der Waals surface area contributed by atoms with Crippen molar-refractivity contribution in [3.63, 3.8) is 0 Å². The number of ether oxygens (including phenoxy) is 1. The van der Waals surface area contributed by atoms with Gasteiger partial charge in [-0.1, -0.05) is 0 Å². The van der Waals surface area contributed by atoms with Crippen molar-refractivity contribution in [2.75, 3.05) is 26.8 Å². The number of rotatable bonds is 8. The number of amides is 1. The summed E-state index contributed by atoms with van der Waals surface area (Å²) in [6.45, 7) is 5.82. The summed E-state index contributed by atoms with van der Waals surface area (Å²) in [5.41, 5.74) is 2.19. The van der Waals surface area contributed by atoms with Gasteiger partial charge in [0.1, 0.15) is 0 Å². The van der Waals surface area contributed by atoms with Gasteiger partial charge in [0, 0.05) is 51.5 Å². The topological polar surface area (TPSA) is 68.2 Å². The molecule has 0 fully saturated rings. The predicted octanol–water partition coefficient (Wildman–Crippen LogP) is 0.532. The first kappa shape index (κ1) is 15.7. The average Bonchev–Trinajstić information content (AvgIpc) is 2.69. The molecule has 6 heteroatoms. The Morgan fingerprint density at radius 2 is 2.26 bits per heavy atom. The average molecular weight is 268 g/mol. The summed E-state index contributed by atoms with van der Waals surface area (Å²) >= 11 is 0. The number of nitrogens with one attached hydrogen (secondary N) is 2. The number of aryl methyl sites for hydroxylation is 2. The molecule has 1 aromatic rings. The molecular weight excluding hydrogens is 244 g/mol. The van der Waals surface area contributed by atoms with Crippen molar-refractivity contribution in [3.8, 4) is 0 Å². The van der Waals surface area contributed by atoms with Gasteiger partial charge in [0.2, 0.25) is 5.91 Å². The number of carbonyl (C=O) groups is 1. The van der Waals surface area contributed by atoms with E-state index in [-0.39, 0.29) is 11.9 Å². The zero-order valence-corrected chi connectivity index (χ0v) is 12.2. The highest BCUT2D eigenvalue weighted by Crippen LogP contribution is 2.14. The molecule has 0 radical (unpaired) electrons. The standard InChI is InChI=1S/C13H24N4O2/c1-10(12-9-17(3)16-11(12)2)14-6-5-13(18)15-7-8-19-4/h9-10,14H,5-8H2,1-4H3,(H,15,18). The van der Waals surface area contributed by atoms with Crippen LogP contribution < -0.4 is 10.6 Å². The van der Waals surface area contributed by atoms with Crippen LogP contribution in [-0.4, -0.2) is 42.5 Å². The van der Waals surface area contributed by atoms with E-state index in [1.54, 1.807) is 11.8 Å². The molecular formula is C13H24N4O2. The normalized spacial score (nSPS) is 12.4. The smallest absolute Gasteiger partial charge is 0.221 e. The summed E-state index contributed by atoms with van der Waals surface area (Å²) in [5.74, 6) is 0.0414. The first-order chi connectivity index (χ1) is 9.04. The molecule has 0 spiro atoms. The molecule has 2 N–H and O–H groups in total. The van der Waals surface area contributed by atoms with E-state index in [1.807, 2.05) is 20.2 Å². The van der Waals surface area contributed by atoms with Gasteiger partial charge in [0.25, 0.3) is 0 Å². The van der Waals surface area contributed by atoms with Crippen molar-refractivity contribution in [1.29, 1.82) is 0 Å². The lowest BCUT2D eigenvalue weighted by Crippen LogP contribution is -2.30. The second kappa shape index (κ2) is 7.91. The second-order valence-electron chi connectivity index (χ2n) is 4.61. The molecule has 0 saturated carbocycles. The van der Waals surface area contributed by atoms with E-state index in [0.717, 1.165) is 5.69 Å². The summed E-state index contributed by atoms with van der Waals surface area (Å²) in [4.78, 5) is 11.5. The van der Waals surface area contributed by atoms with E-state index < -0.39 is 0 Å². The summed E-state index contributed by atoms with van der Waals surface area (Å²) in [7, 11) is 3.53. The van der Waals surface area contributed by atoms with Gasteiger partial charge in [-0.05, 0) is 13.8 Å². The number of hydrogen-bond acceptors (Lipinski definition) is 4. The van der Waals surface area contributed by atoms with Crippen molar-refractivity contribution in [1.82, 2.24) is 20.4 Å². The van der Waals surface area contributed by atoms with Crippen LogP contribution in [0.3, 0.4) is 0 Å². The molecule has 19 heavy (non-hydrogen) atoms. The van der Waals surface area contributed by atoms with Crippen LogP contribution in [0.5, 0.6) is 0 Å². The molecule has 0 saturated heterocycles. The molecule has 6 nitrogen and oxygen atoms in total. The molecule has 1 heterocycles. The highest BCUT2D eigenvalue weighted by molar-refractivity contribution is 5.76. The van der Waals surface area contributed by atoms with Gasteiger partial charge in [0.05, 0.1) is 12.3 Å². The molecule has 0 aliphatic rings. The summed E-state index contributed by atoms with van der Waals surface area (Å²) < 4.78 is 6.67. The van der Waals surface area contributed by atoms with Crippen molar-refractivity contribution in [2.24, 2.45) is 7.05 Å². The van der Waals surface area contributed by atoms with Gasteiger partial charge in [-0.3, -0.25) is 9.48 Å². The first-order valence-corrected chi connectivity index (χ1v) is 6.53. The van der Waals surface area contributed by atoms with Crippen LogP contribution in [0.25, 0.3) is 0 Å². The van der Waals surface area contributed by atoms with Crippen LogP contribution in [0.15, 0.2) is 6.20 Å². The van der Waals surface area contributed by atoms with E-state index in [1.165, 1.54) is 5.56 Å². The summed E-state index contributed by atoms with van der Waals surface area (Å²) in [6.07, 6.45) is 2.47. The molecule has 1 amide bonds. The van der Waals surface area contributed by atoms with E-state index in [2.05, 4.69) is 22.7 Å². The SMILES string of the molecule is COCCNC(=O)CCNC(C)c1cn(C)nc1C. The van der Waals surface area contributed by atoms with Crippen LogP contribution >= 0.6 is 0 Å². The second-order valence-corrected chi connectivity index (χ2v) is 4.61. The highest BCUT2D eigenvalue weighted by atomic mass is 16.5. The van der Waals surface area contributed by atoms with E-state index >= 15 is 0 Å². The van der Waals surface area contributed by atoms with Crippen LogP contribution in [0.4, 0.5) is 0 Å². The minimum absolute atomic E-state index is 0.0414. The van der Waals surface area contributed by atoms with Gasteiger partial charge < -0.3 is 15.4 Å². The maximum absolute atomic E-state index is 11.5. The zero-order chi connectivity index (χ0) is 14.3. The minimum atomic E-state index is 0.0414. The third kappa shape index (κ3) is 5.40. The Hall–Kier alpha value is -1.40. The Balaban J connectivity index is 2.25. The monoisotopic (exact) mass is 268 g/mol. The fraction of sp³-hybridized carbons (Fsp3) is 0.692. The van der Waals surface area contributed by atoms with Gasteiger partial charge in [-0.15, -0.1) is 0 Å². The maximum Gasteiger partial charge on any atom is 0.221 e. The summed E-state index contributed by atoms with van der Waals surface area (Å²) in [5, 5.41) is 10.4. The zero-order valence-electron chi connectivity index (χ0n) is 12.2. The van der Waals surface area contributed by atoms with Crippen LogP contribution in [0, 0.1) is 6.92 Å². The fourth-order valence-corrected chi connectivity index (χ4v) is 1.94. The molecule has 1 atom stereocenters. The van der Waals surface area contributed by atoms with E-state index in [9.17, 15) is 4.79 Å². The Bertz CT molecular complexity index is 403. The molecule has 0 aromatic carbocycles. The van der Waals surface area contributed by atoms with Gasteiger partial charge in [-0.25, -0.2) is 0 Å². The molecule has 1 aromatic heterocycles. The maximum atomic E-state index is 11.5. The number of carbonyl (C=O) groups excluding carboxylic acids is 1. The highest BCUT2D eigenvalue weighted by Gasteiger charge is 2.11. The number of nitrogens with zero attached hydrogens (tertiary/aromatic N) is 2. The Kier molecular flexibility index (Phi) is 6.52. The number of hydrogen-bond donors (Lipinski definition) is 2. The lowest BCUT2D eigenvalue weighted by Gasteiger charge is -2.13. The molecule has 0 aliphatic heterocycles. The van der Waals surface area contributed by atoms with Crippen molar-refractivity contribution in [3.05, 3.63) is 17.5 Å². The fourth-order valence-electron chi connectivity index (χ4n) is 1.94. The lowest BCUT2D eigenvalue weighted by molar-refractivity contribution is -0.121. The summed E-state index contributed by atoms with van der Waals surface area (Å²) in [6, 6.07) is 0.195. The Morgan fingerprint density at radius 3 is 2.84 bits per heavy atom. The van der Waals surface area contributed by atoms with Gasteiger partial charge in [-0.2, -0.15) is 5.10 Å². The van der Waals surface area contributed by atoms with Gasteiger partial charge >= 0.3 is 0 Å². The number of aromatic nitrogens is 2. The van der Waals surface area contributed by atoms with Crippen molar-refractivity contribution in [2.45, 2.75) is 26.3 Å². The quantitative estimate of drug-likeness (QED) is 0.675. The Morgan fingerprint density at radius 1 is 1.53 bits per heavy atom. The third-order valence-electron chi connectivity index (χ3n) is 2.95. The molecule has 108 valence electrons. The minimum Gasteiger partial charge on any atom is -0.383 e. The molecule has 1 rings (SSSR count). The molecule has 0 aliphatic carbocycles. The molecule has 1 unspecified atom stereocenters. The third-order valence-corrected chi connectivity index (χ3v) is 2.95. The van der Waals surface area contributed by atoms with E-state index in [0.29, 0.717) is 26.1 Å². The van der Waals surface area contributed by atoms with Crippen molar-refractivity contribution < 1.29 is 9.53 Å². The van der Waals surface area contributed by atoms with Crippen LogP contribution in [-0.2, 0) is 16.6 Å². The van der Waals surface area contributed by atoms with Crippen molar-refractivity contribution >= 4 is 5.91 Å². The molecule has 0 bridgehead atoms. The largest absolute Gasteiger partial charge is 0.383 e. The van der Waals surface area contributed by atoms with Gasteiger partial charge in [0.15, 0.2) is 0 Å². The van der Waals surface area contributed by atoms with Crippen LogP contribution in [0.1, 0.15) is 30.6 Å². The van der Waals surface area contributed by atoms with E-state index in [4.69, 9.17) is 4.74 Å². The number of methoxy groups -OCH3 is 1. The lowest BCUT2D eigenvalue weighted by atomic mass is 10.1. The Labute approximate surface area is 114 Å². The van der Waals surface area contributed by atoms with Crippen LogP contribution in [0.2, 0.25) is 0 Å². The predicted molar refractivity (Wildman–Crippen MR) is 73.9 cm³/mol.